The van der Waals surface area contributed by atoms with Crippen LogP contribution in [0.15, 0.2) is 28.6 Å². The van der Waals surface area contributed by atoms with E-state index >= 15 is 0 Å². The molecule has 8 nitrogen and oxygen atoms in total. The lowest BCUT2D eigenvalue weighted by Gasteiger charge is -1.98. The number of para-hydroxylation sites is 1. The van der Waals surface area contributed by atoms with Crippen molar-refractivity contribution in [2.45, 2.75) is 4.34 Å². The summed E-state index contributed by atoms with van der Waals surface area (Å²) in [5.41, 5.74) is 0.106. The van der Waals surface area contributed by atoms with Crippen molar-refractivity contribution in [3.05, 3.63) is 35.9 Å². The van der Waals surface area contributed by atoms with Gasteiger partial charge in [-0.05, 0) is 23.6 Å². The Bertz CT molecular complexity index is 818. The van der Waals surface area contributed by atoms with Gasteiger partial charge in [-0.1, -0.05) is 35.2 Å². The van der Waals surface area contributed by atoms with Crippen molar-refractivity contribution >= 4 is 34.1 Å². The SMILES string of the molecule is CSc1nnc(NC(=O)c2nnn(-c3ccccc3F)n2)s1. The Morgan fingerprint density at radius 3 is 2.86 bits per heavy atom. The Labute approximate surface area is 131 Å². The molecule has 0 saturated heterocycles. The molecule has 11 heteroatoms. The highest BCUT2D eigenvalue weighted by Gasteiger charge is 2.17. The molecule has 0 radical (unpaired) electrons. The third-order valence-electron chi connectivity index (χ3n) is 2.49. The molecule has 0 saturated carbocycles. The second-order valence-electron chi connectivity index (χ2n) is 3.89. The average Bonchev–Trinajstić information content (AvgIpc) is 3.16. The Kier molecular flexibility index (Phi) is 4.06. The highest BCUT2D eigenvalue weighted by molar-refractivity contribution is 8.00. The van der Waals surface area contributed by atoms with Gasteiger partial charge in [-0.15, -0.1) is 25.2 Å². The molecule has 1 N–H and O–H groups in total. The molecule has 0 aliphatic rings. The van der Waals surface area contributed by atoms with Gasteiger partial charge in [0.1, 0.15) is 5.69 Å². The number of halogens is 1. The molecule has 3 aromatic rings. The summed E-state index contributed by atoms with van der Waals surface area (Å²) in [7, 11) is 0. The summed E-state index contributed by atoms with van der Waals surface area (Å²) < 4.78 is 14.3. The fourth-order valence-electron chi connectivity index (χ4n) is 1.52. The Morgan fingerprint density at radius 2 is 2.14 bits per heavy atom. The summed E-state index contributed by atoms with van der Waals surface area (Å²) in [6.45, 7) is 0. The Hall–Kier alpha value is -2.40. The number of benzene rings is 1. The van der Waals surface area contributed by atoms with Crippen LogP contribution in [-0.4, -0.2) is 42.6 Å². The van der Waals surface area contributed by atoms with Crippen molar-refractivity contribution in [3.8, 4) is 5.69 Å². The van der Waals surface area contributed by atoms with E-state index in [-0.39, 0.29) is 11.5 Å². The quantitative estimate of drug-likeness (QED) is 0.570. The van der Waals surface area contributed by atoms with Crippen molar-refractivity contribution in [2.24, 2.45) is 0 Å². The van der Waals surface area contributed by atoms with E-state index in [1.807, 2.05) is 6.26 Å². The maximum Gasteiger partial charge on any atom is 0.299 e. The van der Waals surface area contributed by atoms with Crippen LogP contribution < -0.4 is 5.32 Å². The fourth-order valence-corrected chi connectivity index (χ4v) is 2.68. The van der Waals surface area contributed by atoms with Gasteiger partial charge in [-0.25, -0.2) is 4.39 Å². The fraction of sp³-hybridized carbons (Fsp3) is 0.0909. The van der Waals surface area contributed by atoms with Crippen LogP contribution in [0.1, 0.15) is 10.6 Å². The van der Waals surface area contributed by atoms with Crippen LogP contribution in [0.3, 0.4) is 0 Å². The summed E-state index contributed by atoms with van der Waals surface area (Å²) in [6, 6.07) is 5.92. The first kappa shape index (κ1) is 14.5. The average molecular weight is 337 g/mol. The van der Waals surface area contributed by atoms with Crippen LogP contribution in [0.5, 0.6) is 0 Å². The molecule has 0 unspecified atom stereocenters. The first-order valence-electron chi connectivity index (χ1n) is 5.91. The zero-order chi connectivity index (χ0) is 15.5. The lowest BCUT2D eigenvalue weighted by atomic mass is 10.3. The predicted octanol–water partition coefficient (Wildman–Crippen LogP) is 1.63. The number of hydrogen-bond acceptors (Lipinski definition) is 8. The standard InChI is InChI=1S/C11H8FN7OS2/c1-21-11-16-15-10(22-11)13-9(20)8-14-18-19(17-8)7-5-3-2-4-6(7)12/h2-5H,1H3,(H,13,15,20). The molecule has 0 fully saturated rings. The third-order valence-corrected chi connectivity index (χ3v) is 4.30. The number of hydrogen-bond donors (Lipinski definition) is 1. The maximum atomic E-state index is 13.6. The Morgan fingerprint density at radius 1 is 1.32 bits per heavy atom. The first-order chi connectivity index (χ1) is 10.7. The van der Waals surface area contributed by atoms with Gasteiger partial charge >= 0.3 is 0 Å². The molecule has 0 spiro atoms. The molecule has 1 amide bonds. The molecular formula is C11H8FN7OS2. The smallest absolute Gasteiger partial charge is 0.293 e. The van der Waals surface area contributed by atoms with Crippen molar-refractivity contribution in [2.75, 3.05) is 11.6 Å². The molecule has 22 heavy (non-hydrogen) atoms. The summed E-state index contributed by atoms with van der Waals surface area (Å²) in [5, 5.41) is 21.6. The van der Waals surface area contributed by atoms with Crippen LogP contribution >= 0.6 is 23.1 Å². The number of aromatic nitrogens is 6. The van der Waals surface area contributed by atoms with Crippen molar-refractivity contribution in [3.63, 3.8) is 0 Å². The van der Waals surface area contributed by atoms with Crippen LogP contribution in [0.4, 0.5) is 9.52 Å². The zero-order valence-corrected chi connectivity index (χ0v) is 12.7. The normalized spacial score (nSPS) is 10.6. The number of thioether (sulfide) groups is 1. The molecule has 3 rings (SSSR count). The van der Waals surface area contributed by atoms with E-state index in [0.717, 1.165) is 9.14 Å². The molecule has 0 aliphatic heterocycles. The number of nitrogens with one attached hydrogen (secondary N) is 1. The lowest BCUT2D eigenvalue weighted by molar-refractivity contribution is 0.101. The van der Waals surface area contributed by atoms with Crippen molar-refractivity contribution < 1.29 is 9.18 Å². The van der Waals surface area contributed by atoms with E-state index in [0.29, 0.717) is 5.13 Å². The van der Waals surface area contributed by atoms with E-state index in [4.69, 9.17) is 0 Å². The number of carbonyl (C=O) groups is 1. The van der Waals surface area contributed by atoms with E-state index in [9.17, 15) is 9.18 Å². The largest absolute Gasteiger partial charge is 0.299 e. The monoisotopic (exact) mass is 337 g/mol. The number of nitrogens with zero attached hydrogens (tertiary/aromatic N) is 6. The van der Waals surface area contributed by atoms with E-state index < -0.39 is 11.7 Å². The van der Waals surface area contributed by atoms with Crippen LogP contribution in [0, 0.1) is 5.82 Å². The van der Waals surface area contributed by atoms with Gasteiger partial charge in [0, 0.05) is 0 Å². The topological polar surface area (TPSA) is 98.5 Å². The van der Waals surface area contributed by atoms with Crippen molar-refractivity contribution in [1.82, 2.24) is 30.4 Å². The summed E-state index contributed by atoms with van der Waals surface area (Å²) in [6.07, 6.45) is 1.85. The number of anilines is 1. The third kappa shape index (κ3) is 2.94. The molecule has 0 bridgehead atoms. The van der Waals surface area contributed by atoms with Crippen LogP contribution in [0.2, 0.25) is 0 Å². The summed E-state index contributed by atoms with van der Waals surface area (Å²) >= 11 is 2.65. The highest BCUT2D eigenvalue weighted by atomic mass is 32.2. The van der Waals surface area contributed by atoms with Crippen molar-refractivity contribution in [1.29, 1.82) is 0 Å². The van der Waals surface area contributed by atoms with Gasteiger partial charge in [0.05, 0.1) is 0 Å². The maximum absolute atomic E-state index is 13.6. The van der Waals surface area contributed by atoms with E-state index in [2.05, 4.69) is 30.9 Å². The minimum atomic E-state index is -0.591. The number of rotatable bonds is 4. The van der Waals surface area contributed by atoms with Crippen LogP contribution in [-0.2, 0) is 0 Å². The first-order valence-corrected chi connectivity index (χ1v) is 7.95. The van der Waals surface area contributed by atoms with Gasteiger partial charge in [0.15, 0.2) is 10.2 Å². The number of tetrazole rings is 1. The van der Waals surface area contributed by atoms with Gasteiger partial charge in [-0.2, -0.15) is 0 Å². The van der Waals surface area contributed by atoms with Gasteiger partial charge in [-0.3, -0.25) is 10.1 Å². The molecule has 0 aliphatic carbocycles. The molecule has 2 heterocycles. The lowest BCUT2D eigenvalue weighted by Crippen LogP contribution is -2.14. The number of carbonyl (C=O) groups excluding carboxylic acids is 1. The highest BCUT2D eigenvalue weighted by Crippen LogP contribution is 2.23. The van der Waals surface area contributed by atoms with E-state index in [1.165, 1.54) is 35.2 Å². The second-order valence-corrected chi connectivity index (χ2v) is 5.92. The minimum absolute atomic E-state index is 0.106. The predicted molar refractivity (Wildman–Crippen MR) is 78.8 cm³/mol. The molecule has 112 valence electrons. The molecule has 0 atom stereocenters. The van der Waals surface area contributed by atoms with Gasteiger partial charge in [0.25, 0.3) is 11.7 Å². The summed E-state index contributed by atoms with van der Waals surface area (Å²) in [5.74, 6) is -1.30. The zero-order valence-electron chi connectivity index (χ0n) is 11.1. The summed E-state index contributed by atoms with van der Waals surface area (Å²) in [4.78, 5) is 12.9. The van der Waals surface area contributed by atoms with Gasteiger partial charge < -0.3 is 0 Å². The molecule has 1 aromatic carbocycles. The van der Waals surface area contributed by atoms with E-state index in [1.54, 1.807) is 12.1 Å². The Balaban J connectivity index is 1.78. The second kappa shape index (κ2) is 6.15. The number of amides is 1. The molecule has 2 aromatic heterocycles. The minimum Gasteiger partial charge on any atom is -0.293 e. The molecular weight excluding hydrogens is 329 g/mol. The van der Waals surface area contributed by atoms with Gasteiger partial charge in [0.2, 0.25) is 5.13 Å². The van der Waals surface area contributed by atoms with Crippen LogP contribution in [0.25, 0.3) is 5.69 Å².